The van der Waals surface area contributed by atoms with Gasteiger partial charge in [-0.05, 0) is 30.3 Å². The molecular weight excluding hydrogens is 293 g/mol. The van der Waals surface area contributed by atoms with Crippen LogP contribution in [0.2, 0.25) is 0 Å². The van der Waals surface area contributed by atoms with Gasteiger partial charge in [0.05, 0.1) is 6.26 Å². The second-order valence-electron chi connectivity index (χ2n) is 5.26. The number of halogens is 1. The number of quaternary nitrogens is 1. The number of para-hydroxylation sites is 1. The first-order valence-electron chi connectivity index (χ1n) is 7.61. The maximum absolute atomic E-state index is 13.7. The van der Waals surface area contributed by atoms with Gasteiger partial charge in [-0.15, -0.1) is 0 Å². The average molecular weight is 312 g/mol. The highest BCUT2D eigenvalue weighted by molar-refractivity contribution is 5.33. The highest BCUT2D eigenvalue weighted by Crippen LogP contribution is 2.19. The van der Waals surface area contributed by atoms with Gasteiger partial charge in [0.15, 0.2) is 5.76 Å². The summed E-state index contributed by atoms with van der Waals surface area (Å²) in [7, 11) is 0. The van der Waals surface area contributed by atoms with E-state index in [0.717, 1.165) is 30.2 Å². The Kier molecular flexibility index (Phi) is 5.06. The quantitative estimate of drug-likeness (QED) is 0.727. The molecule has 118 valence electrons. The topological polar surface area (TPSA) is 39.0 Å². The van der Waals surface area contributed by atoms with Gasteiger partial charge in [0.25, 0.3) is 0 Å². The van der Waals surface area contributed by atoms with Crippen molar-refractivity contribution in [1.29, 1.82) is 0 Å². The lowest BCUT2D eigenvalue weighted by Gasteiger charge is -2.11. The molecule has 0 spiro atoms. The molecule has 0 amide bonds. The molecule has 0 unspecified atom stereocenters. The normalized spacial score (nSPS) is 10.7. The third-order valence-corrected chi connectivity index (χ3v) is 3.60. The standard InChI is InChI=1S/C19H18FNO2/c20-18-9-3-1-7-16(18)14-23-19-10-4-2-6-15(19)12-21-13-17-8-5-11-22-17/h1-11,21H,12-14H2/p+1. The fraction of sp³-hybridized carbons (Fsp3) is 0.158. The minimum Gasteiger partial charge on any atom is -0.488 e. The van der Waals surface area contributed by atoms with Crippen LogP contribution >= 0.6 is 0 Å². The van der Waals surface area contributed by atoms with E-state index in [1.807, 2.05) is 42.5 Å². The Morgan fingerprint density at radius 3 is 2.43 bits per heavy atom. The van der Waals surface area contributed by atoms with Crippen molar-refractivity contribution in [2.45, 2.75) is 19.7 Å². The van der Waals surface area contributed by atoms with E-state index in [1.165, 1.54) is 6.07 Å². The Bertz CT molecular complexity index is 741. The molecule has 1 heterocycles. The van der Waals surface area contributed by atoms with Crippen molar-refractivity contribution in [1.82, 2.24) is 0 Å². The van der Waals surface area contributed by atoms with Crippen LogP contribution in [-0.2, 0) is 19.7 Å². The number of ether oxygens (including phenoxy) is 1. The maximum atomic E-state index is 13.7. The van der Waals surface area contributed by atoms with Crippen LogP contribution < -0.4 is 10.1 Å². The highest BCUT2D eigenvalue weighted by atomic mass is 19.1. The number of hydrogen-bond acceptors (Lipinski definition) is 2. The molecule has 0 atom stereocenters. The zero-order chi connectivity index (χ0) is 15.9. The maximum Gasteiger partial charge on any atom is 0.157 e. The Hall–Kier alpha value is -2.59. The van der Waals surface area contributed by atoms with Crippen molar-refractivity contribution < 1.29 is 18.9 Å². The fourth-order valence-electron chi connectivity index (χ4n) is 2.38. The highest BCUT2D eigenvalue weighted by Gasteiger charge is 2.07. The van der Waals surface area contributed by atoms with Gasteiger partial charge in [0.1, 0.15) is 31.3 Å². The number of furan rings is 1. The average Bonchev–Trinajstić information content (AvgIpc) is 3.09. The first-order valence-corrected chi connectivity index (χ1v) is 7.61. The molecule has 23 heavy (non-hydrogen) atoms. The smallest absolute Gasteiger partial charge is 0.157 e. The molecule has 0 aliphatic carbocycles. The van der Waals surface area contributed by atoms with E-state index in [0.29, 0.717) is 5.56 Å². The summed E-state index contributed by atoms with van der Waals surface area (Å²) < 4.78 is 24.8. The van der Waals surface area contributed by atoms with Gasteiger partial charge in [-0.1, -0.05) is 30.3 Å². The van der Waals surface area contributed by atoms with Crippen molar-refractivity contribution >= 4 is 0 Å². The monoisotopic (exact) mass is 312 g/mol. The van der Waals surface area contributed by atoms with Crippen LogP contribution in [-0.4, -0.2) is 0 Å². The molecular formula is C19H19FNO2+. The molecule has 1 aromatic heterocycles. The Labute approximate surface area is 134 Å². The second kappa shape index (κ2) is 7.61. The Balaban J connectivity index is 1.60. The summed E-state index contributed by atoms with van der Waals surface area (Å²) in [6, 6.07) is 18.3. The van der Waals surface area contributed by atoms with Gasteiger partial charge in [0.2, 0.25) is 0 Å². The summed E-state index contributed by atoms with van der Waals surface area (Å²) in [5.74, 6) is 1.48. The number of rotatable bonds is 7. The molecule has 0 bridgehead atoms. The SMILES string of the molecule is Fc1ccccc1COc1ccccc1C[NH2+]Cc1ccco1. The van der Waals surface area contributed by atoms with Gasteiger partial charge in [-0.25, -0.2) is 4.39 Å². The Morgan fingerprint density at radius 2 is 1.65 bits per heavy atom. The van der Waals surface area contributed by atoms with Gasteiger partial charge in [-0.3, -0.25) is 0 Å². The molecule has 0 saturated heterocycles. The molecule has 4 heteroatoms. The van der Waals surface area contributed by atoms with Crippen molar-refractivity contribution in [2.75, 3.05) is 0 Å². The zero-order valence-electron chi connectivity index (χ0n) is 12.7. The van der Waals surface area contributed by atoms with Crippen molar-refractivity contribution in [2.24, 2.45) is 0 Å². The largest absolute Gasteiger partial charge is 0.488 e. The predicted octanol–water partition coefficient (Wildman–Crippen LogP) is 3.26. The third-order valence-electron chi connectivity index (χ3n) is 3.60. The Morgan fingerprint density at radius 1 is 0.870 bits per heavy atom. The molecule has 0 aliphatic heterocycles. The van der Waals surface area contributed by atoms with Gasteiger partial charge in [-0.2, -0.15) is 0 Å². The van der Waals surface area contributed by atoms with Crippen LogP contribution in [0, 0.1) is 5.82 Å². The summed E-state index contributed by atoms with van der Waals surface area (Å²) in [5.41, 5.74) is 1.64. The van der Waals surface area contributed by atoms with Crippen molar-refractivity contribution in [3.63, 3.8) is 0 Å². The number of benzene rings is 2. The first-order chi connectivity index (χ1) is 11.3. The van der Waals surface area contributed by atoms with Crippen molar-refractivity contribution in [3.05, 3.63) is 89.6 Å². The summed E-state index contributed by atoms with van der Waals surface area (Å²) in [4.78, 5) is 0. The van der Waals surface area contributed by atoms with E-state index in [2.05, 4.69) is 5.32 Å². The third kappa shape index (κ3) is 4.20. The van der Waals surface area contributed by atoms with E-state index >= 15 is 0 Å². The van der Waals surface area contributed by atoms with E-state index < -0.39 is 0 Å². The van der Waals surface area contributed by atoms with Crippen LogP contribution in [0.1, 0.15) is 16.9 Å². The van der Waals surface area contributed by atoms with E-state index in [4.69, 9.17) is 9.15 Å². The molecule has 3 aromatic rings. The minimum atomic E-state index is -0.241. The van der Waals surface area contributed by atoms with Crippen LogP contribution in [0.25, 0.3) is 0 Å². The molecule has 0 saturated carbocycles. The van der Waals surface area contributed by atoms with Crippen molar-refractivity contribution in [3.8, 4) is 5.75 Å². The van der Waals surface area contributed by atoms with E-state index in [1.54, 1.807) is 18.4 Å². The molecule has 3 rings (SSSR count). The minimum absolute atomic E-state index is 0.224. The zero-order valence-corrected chi connectivity index (χ0v) is 12.7. The van der Waals surface area contributed by atoms with Crippen LogP contribution in [0.5, 0.6) is 5.75 Å². The number of nitrogens with two attached hydrogens (primary N) is 1. The molecule has 2 aromatic carbocycles. The van der Waals surface area contributed by atoms with Crippen LogP contribution in [0.4, 0.5) is 4.39 Å². The first kappa shape index (κ1) is 15.3. The van der Waals surface area contributed by atoms with E-state index in [9.17, 15) is 4.39 Å². The molecule has 3 nitrogen and oxygen atoms in total. The van der Waals surface area contributed by atoms with Crippen LogP contribution in [0.3, 0.4) is 0 Å². The summed E-state index contributed by atoms with van der Waals surface area (Å²) in [5, 5.41) is 2.14. The second-order valence-corrected chi connectivity index (χ2v) is 5.26. The van der Waals surface area contributed by atoms with Gasteiger partial charge in [0, 0.05) is 11.1 Å². The molecule has 0 aliphatic rings. The molecule has 0 radical (unpaired) electrons. The van der Waals surface area contributed by atoms with E-state index in [-0.39, 0.29) is 12.4 Å². The number of hydrogen-bond donors (Lipinski definition) is 1. The molecule has 0 fully saturated rings. The lowest BCUT2D eigenvalue weighted by atomic mass is 10.2. The molecule has 2 N–H and O–H groups in total. The summed E-state index contributed by atoms with van der Waals surface area (Å²) >= 11 is 0. The van der Waals surface area contributed by atoms with Gasteiger partial charge < -0.3 is 14.5 Å². The summed E-state index contributed by atoms with van der Waals surface area (Å²) in [6.07, 6.45) is 1.68. The van der Waals surface area contributed by atoms with Gasteiger partial charge >= 0.3 is 0 Å². The lowest BCUT2D eigenvalue weighted by Crippen LogP contribution is -2.80. The summed E-state index contributed by atoms with van der Waals surface area (Å²) in [6.45, 7) is 1.77. The predicted molar refractivity (Wildman–Crippen MR) is 85.2 cm³/mol. The fourth-order valence-corrected chi connectivity index (χ4v) is 2.38. The lowest BCUT2D eigenvalue weighted by molar-refractivity contribution is -0.688. The van der Waals surface area contributed by atoms with Crippen LogP contribution in [0.15, 0.2) is 71.3 Å².